The van der Waals surface area contributed by atoms with Crippen LogP contribution in [-0.4, -0.2) is 62.7 Å². The van der Waals surface area contributed by atoms with Gasteiger partial charge in [-0.05, 0) is 44.4 Å². The zero-order valence-electron chi connectivity index (χ0n) is 20.8. The highest BCUT2D eigenvalue weighted by Crippen LogP contribution is 2.69. The lowest BCUT2D eigenvalue weighted by Gasteiger charge is -2.67. The normalized spacial score (nSPS) is 23.6. The first-order valence-corrected chi connectivity index (χ1v) is 13.9. The maximum Gasteiger partial charge on any atom is 0.264 e. The van der Waals surface area contributed by atoms with Crippen LogP contribution in [-0.2, 0) is 30.9 Å². The van der Waals surface area contributed by atoms with Gasteiger partial charge < -0.3 is 20.5 Å². The number of aliphatic hydroxyl groups excluding tert-OH is 1. The lowest BCUT2D eigenvalue weighted by molar-refractivity contribution is -0.230. The van der Waals surface area contributed by atoms with Crippen molar-refractivity contribution in [1.29, 1.82) is 0 Å². The molecule has 3 fully saturated rings. The van der Waals surface area contributed by atoms with Crippen molar-refractivity contribution in [2.45, 2.75) is 44.3 Å². The van der Waals surface area contributed by atoms with E-state index in [0.717, 1.165) is 6.26 Å². The van der Waals surface area contributed by atoms with Crippen molar-refractivity contribution in [1.82, 2.24) is 25.0 Å². The van der Waals surface area contributed by atoms with Gasteiger partial charge in [0.15, 0.2) is 11.5 Å². The van der Waals surface area contributed by atoms with Crippen LogP contribution in [0.2, 0.25) is 5.15 Å². The van der Waals surface area contributed by atoms with E-state index in [-0.39, 0.29) is 11.1 Å². The SMILES string of the molecule is C[C@@H](OC(O)Nc1c(-c2ccc(NC(=O)C34CC(OS(C)(=O)=O)(C3)C4)cn2)nnn1C)c1cccnc1Cl. The van der Waals surface area contributed by atoms with E-state index in [9.17, 15) is 18.3 Å². The van der Waals surface area contributed by atoms with Crippen LogP contribution in [0.15, 0.2) is 36.7 Å². The van der Waals surface area contributed by atoms with Crippen LogP contribution in [0.25, 0.3) is 11.4 Å². The molecule has 3 heterocycles. The molecule has 0 aromatic carbocycles. The maximum atomic E-state index is 12.8. The zero-order chi connectivity index (χ0) is 27.3. The second-order valence-corrected chi connectivity index (χ2v) is 11.7. The highest BCUT2D eigenvalue weighted by Gasteiger charge is 2.74. The number of ether oxygens (including phenoxy) is 1. The van der Waals surface area contributed by atoms with Gasteiger partial charge >= 0.3 is 0 Å². The molecular weight excluding hydrogens is 538 g/mol. The molecule has 0 spiro atoms. The second kappa shape index (κ2) is 9.54. The van der Waals surface area contributed by atoms with E-state index in [1.165, 1.54) is 10.9 Å². The van der Waals surface area contributed by atoms with Gasteiger partial charge in [-0.2, -0.15) is 8.42 Å². The number of hydrogen-bond donors (Lipinski definition) is 3. The molecule has 1 unspecified atom stereocenters. The number of carbonyl (C=O) groups excluding carboxylic acids is 1. The minimum absolute atomic E-state index is 0.198. The lowest BCUT2D eigenvalue weighted by atomic mass is 9.41. The molecule has 3 aromatic heterocycles. The van der Waals surface area contributed by atoms with Crippen LogP contribution >= 0.6 is 11.6 Å². The Labute approximate surface area is 223 Å². The Balaban J connectivity index is 1.21. The Morgan fingerprint density at radius 3 is 2.61 bits per heavy atom. The molecule has 3 N–H and O–H groups in total. The Kier molecular flexibility index (Phi) is 6.64. The quantitative estimate of drug-likeness (QED) is 0.188. The Bertz CT molecular complexity index is 1460. The van der Waals surface area contributed by atoms with E-state index >= 15 is 0 Å². The van der Waals surface area contributed by atoms with Gasteiger partial charge in [0.25, 0.3) is 10.1 Å². The third-order valence-corrected chi connectivity index (χ3v) is 7.67. The molecule has 3 saturated carbocycles. The topological polar surface area (TPSA) is 170 Å². The Morgan fingerprint density at radius 1 is 1.24 bits per heavy atom. The molecule has 15 heteroatoms. The van der Waals surface area contributed by atoms with Crippen molar-refractivity contribution in [3.63, 3.8) is 0 Å². The van der Waals surface area contributed by atoms with Gasteiger partial charge in [-0.25, -0.2) is 9.67 Å². The number of aryl methyl sites for hydroxylation is 1. The molecule has 0 aliphatic heterocycles. The summed E-state index contributed by atoms with van der Waals surface area (Å²) in [5, 5.41) is 24.6. The van der Waals surface area contributed by atoms with Gasteiger partial charge in [-0.1, -0.05) is 22.9 Å². The summed E-state index contributed by atoms with van der Waals surface area (Å²) in [6.07, 6.45) is 3.19. The number of rotatable bonds is 10. The minimum atomic E-state index is -3.57. The molecule has 2 bridgehead atoms. The van der Waals surface area contributed by atoms with Crippen LogP contribution < -0.4 is 10.6 Å². The fourth-order valence-corrected chi connectivity index (χ4v) is 6.12. The van der Waals surface area contributed by atoms with E-state index in [2.05, 4.69) is 30.9 Å². The largest absolute Gasteiger partial charge is 0.351 e. The molecule has 13 nitrogen and oxygen atoms in total. The summed E-state index contributed by atoms with van der Waals surface area (Å²) in [5.74, 6) is 0.160. The molecule has 3 aliphatic carbocycles. The summed E-state index contributed by atoms with van der Waals surface area (Å²) in [6.45, 7) is 1.73. The molecule has 2 atom stereocenters. The number of aromatic nitrogens is 5. The number of pyridine rings is 2. The Morgan fingerprint density at radius 2 is 1.97 bits per heavy atom. The van der Waals surface area contributed by atoms with Gasteiger partial charge in [0.1, 0.15) is 5.15 Å². The fourth-order valence-electron chi connectivity index (χ4n) is 5.03. The van der Waals surface area contributed by atoms with Crippen molar-refractivity contribution in [2.24, 2.45) is 12.5 Å². The number of amides is 1. The van der Waals surface area contributed by atoms with E-state index in [0.29, 0.717) is 47.7 Å². The van der Waals surface area contributed by atoms with Gasteiger partial charge in [-0.3, -0.25) is 14.0 Å². The number of hydrogen-bond acceptors (Lipinski definition) is 11. The van der Waals surface area contributed by atoms with E-state index < -0.39 is 33.7 Å². The third-order valence-electron chi connectivity index (χ3n) is 6.70. The highest BCUT2D eigenvalue weighted by atomic mass is 35.5. The summed E-state index contributed by atoms with van der Waals surface area (Å²) in [7, 11) is -1.92. The molecular formula is C23H26ClN7O6S. The van der Waals surface area contributed by atoms with Crippen molar-refractivity contribution >= 4 is 39.1 Å². The molecule has 202 valence electrons. The number of halogens is 1. The van der Waals surface area contributed by atoms with Crippen molar-refractivity contribution in [2.75, 3.05) is 16.9 Å². The number of carbonyl (C=O) groups is 1. The molecule has 3 aromatic rings. The summed E-state index contributed by atoms with van der Waals surface area (Å²) < 4.78 is 35.0. The fraction of sp³-hybridized carbons (Fsp3) is 0.435. The van der Waals surface area contributed by atoms with E-state index in [1.807, 2.05) is 0 Å². The third kappa shape index (κ3) is 5.09. The average Bonchev–Trinajstić information content (AvgIpc) is 3.15. The molecule has 3 aliphatic rings. The van der Waals surface area contributed by atoms with E-state index in [4.69, 9.17) is 20.5 Å². The smallest absolute Gasteiger partial charge is 0.264 e. The van der Waals surface area contributed by atoms with Crippen LogP contribution in [0.5, 0.6) is 0 Å². The maximum absolute atomic E-state index is 12.8. The zero-order valence-corrected chi connectivity index (χ0v) is 22.3. The Hall–Kier alpha value is -3.17. The summed E-state index contributed by atoms with van der Waals surface area (Å²) in [4.78, 5) is 21.2. The average molecular weight is 564 g/mol. The van der Waals surface area contributed by atoms with Crippen molar-refractivity contribution in [3.05, 3.63) is 47.4 Å². The second-order valence-electron chi connectivity index (χ2n) is 9.74. The van der Waals surface area contributed by atoms with Crippen molar-refractivity contribution in [3.8, 4) is 11.4 Å². The van der Waals surface area contributed by atoms with Crippen LogP contribution in [0.1, 0.15) is 37.9 Å². The molecule has 6 rings (SSSR count). The minimum Gasteiger partial charge on any atom is -0.351 e. The lowest BCUT2D eigenvalue weighted by Crippen LogP contribution is -2.72. The first-order valence-electron chi connectivity index (χ1n) is 11.7. The summed E-state index contributed by atoms with van der Waals surface area (Å²) >= 11 is 6.11. The highest BCUT2D eigenvalue weighted by molar-refractivity contribution is 7.86. The van der Waals surface area contributed by atoms with Gasteiger partial charge in [0.05, 0.1) is 41.0 Å². The van der Waals surface area contributed by atoms with Crippen LogP contribution in [0.4, 0.5) is 11.5 Å². The number of anilines is 2. The number of nitrogens with one attached hydrogen (secondary N) is 2. The predicted octanol–water partition coefficient (Wildman–Crippen LogP) is 2.23. The predicted molar refractivity (Wildman–Crippen MR) is 136 cm³/mol. The van der Waals surface area contributed by atoms with E-state index in [1.54, 1.807) is 44.4 Å². The standard InChI is InChI=1S/C23H26ClN7O6S/c1-13(15-5-4-8-25-18(15)24)36-21(33)28-19-17(29-30-31(19)2)16-7-6-14(9-26-16)27-20(32)22-10-23(11-22,12-22)37-38(3,34)35/h4-9,13,21,28,33H,10-12H2,1-3H3,(H,27,32)/t13-,21?,22?,23?/m1/s1. The number of nitrogens with zero attached hydrogens (tertiary/aromatic N) is 5. The van der Waals surface area contributed by atoms with Gasteiger partial charge in [0.2, 0.25) is 12.3 Å². The molecule has 1 amide bonds. The number of aliphatic hydroxyl groups is 1. The van der Waals surface area contributed by atoms with Crippen LogP contribution in [0.3, 0.4) is 0 Å². The summed E-state index contributed by atoms with van der Waals surface area (Å²) in [6, 6.07) is 6.81. The molecule has 38 heavy (non-hydrogen) atoms. The van der Waals surface area contributed by atoms with Gasteiger partial charge in [0, 0.05) is 18.8 Å². The van der Waals surface area contributed by atoms with Crippen molar-refractivity contribution < 1.29 is 27.2 Å². The molecule has 0 saturated heterocycles. The molecule has 0 radical (unpaired) electrons. The first kappa shape index (κ1) is 26.4. The van der Waals surface area contributed by atoms with Crippen LogP contribution in [0, 0.1) is 5.41 Å². The first-order chi connectivity index (χ1) is 17.9. The summed E-state index contributed by atoms with van der Waals surface area (Å²) in [5.41, 5.74) is 0.553. The van der Waals surface area contributed by atoms with Gasteiger partial charge in [-0.15, -0.1) is 5.10 Å². The monoisotopic (exact) mass is 563 g/mol.